The van der Waals surface area contributed by atoms with Crippen LogP contribution in [0.25, 0.3) is 10.2 Å². The van der Waals surface area contributed by atoms with Gasteiger partial charge in [0.15, 0.2) is 5.79 Å². The summed E-state index contributed by atoms with van der Waals surface area (Å²) < 4.78 is 12.6. The molecule has 2 aliphatic heterocycles. The Labute approximate surface area is 156 Å². The third kappa shape index (κ3) is 3.41. The number of anilines is 1. The van der Waals surface area contributed by atoms with Crippen LogP contribution in [0.3, 0.4) is 0 Å². The molecule has 0 spiro atoms. The maximum atomic E-state index is 11.5. The Morgan fingerprint density at radius 1 is 1.23 bits per heavy atom. The first kappa shape index (κ1) is 17.6. The summed E-state index contributed by atoms with van der Waals surface area (Å²) in [5, 5.41) is 0. The molecule has 2 saturated heterocycles. The molecule has 0 bridgehead atoms. The lowest BCUT2D eigenvalue weighted by atomic mass is 9.84. The number of carbonyl (C=O) groups excluding carboxylic acids is 1. The monoisotopic (exact) mass is 376 g/mol. The standard InChI is InChI=1S/C18H24N4O3S/c1-18(2)24-8-12(9-25-18)11-3-5-22(6-4-11)17-15-13(20-10-21-17)7-14(26-15)16(19)23/h7,10-12H,3-6,8-9H2,1-2H3,(H2,19,23). The van der Waals surface area contributed by atoms with Crippen molar-refractivity contribution in [3.8, 4) is 0 Å². The van der Waals surface area contributed by atoms with Crippen molar-refractivity contribution in [2.45, 2.75) is 32.5 Å². The maximum Gasteiger partial charge on any atom is 0.258 e. The van der Waals surface area contributed by atoms with Gasteiger partial charge >= 0.3 is 0 Å². The van der Waals surface area contributed by atoms with E-state index < -0.39 is 11.7 Å². The molecule has 0 atom stereocenters. The number of amides is 1. The van der Waals surface area contributed by atoms with Crippen molar-refractivity contribution < 1.29 is 14.3 Å². The number of rotatable bonds is 3. The van der Waals surface area contributed by atoms with Crippen LogP contribution < -0.4 is 10.6 Å². The summed E-state index contributed by atoms with van der Waals surface area (Å²) in [5.74, 6) is 1.09. The van der Waals surface area contributed by atoms with Crippen LogP contribution in [0.4, 0.5) is 5.82 Å². The first-order chi connectivity index (χ1) is 12.4. The highest BCUT2D eigenvalue weighted by Crippen LogP contribution is 2.36. The second kappa shape index (κ2) is 6.75. The number of nitrogens with two attached hydrogens (primary N) is 1. The number of hydrogen-bond acceptors (Lipinski definition) is 7. The Bertz CT molecular complexity index is 804. The number of ether oxygens (including phenoxy) is 2. The summed E-state index contributed by atoms with van der Waals surface area (Å²) in [6.07, 6.45) is 3.72. The Balaban J connectivity index is 1.45. The highest BCUT2D eigenvalue weighted by atomic mass is 32.1. The zero-order valence-electron chi connectivity index (χ0n) is 15.1. The number of piperidine rings is 1. The molecule has 4 rings (SSSR count). The average Bonchev–Trinajstić information content (AvgIpc) is 3.07. The second-order valence-electron chi connectivity index (χ2n) is 7.49. The maximum absolute atomic E-state index is 11.5. The lowest BCUT2D eigenvalue weighted by Crippen LogP contribution is -2.45. The summed E-state index contributed by atoms with van der Waals surface area (Å²) in [6, 6.07) is 1.75. The van der Waals surface area contributed by atoms with Crippen LogP contribution in [0.2, 0.25) is 0 Å². The van der Waals surface area contributed by atoms with Crippen LogP contribution in [0.5, 0.6) is 0 Å². The van der Waals surface area contributed by atoms with Gasteiger partial charge < -0.3 is 20.1 Å². The summed E-state index contributed by atoms with van der Waals surface area (Å²) in [4.78, 5) is 23.0. The van der Waals surface area contributed by atoms with Crippen LogP contribution in [0.15, 0.2) is 12.4 Å². The zero-order chi connectivity index (χ0) is 18.3. The number of carbonyl (C=O) groups is 1. The lowest BCUT2D eigenvalue weighted by Gasteiger charge is -2.41. The molecule has 1 amide bonds. The molecule has 0 unspecified atom stereocenters. The fourth-order valence-corrected chi connectivity index (χ4v) is 4.73. The van der Waals surface area contributed by atoms with Gasteiger partial charge in [-0.05, 0) is 38.7 Å². The van der Waals surface area contributed by atoms with Crippen molar-refractivity contribution in [2.24, 2.45) is 17.6 Å². The van der Waals surface area contributed by atoms with Crippen LogP contribution in [0, 0.1) is 11.8 Å². The van der Waals surface area contributed by atoms with Crippen molar-refractivity contribution >= 4 is 33.3 Å². The minimum atomic E-state index is -0.457. The van der Waals surface area contributed by atoms with Crippen LogP contribution in [0.1, 0.15) is 36.4 Å². The fraction of sp³-hybridized carbons (Fsp3) is 0.611. The number of primary amides is 1. The molecule has 26 heavy (non-hydrogen) atoms. The van der Waals surface area contributed by atoms with Gasteiger partial charge in [-0.25, -0.2) is 9.97 Å². The minimum absolute atomic E-state index is 0.419. The van der Waals surface area contributed by atoms with Crippen molar-refractivity contribution in [1.29, 1.82) is 0 Å². The van der Waals surface area contributed by atoms with Crippen molar-refractivity contribution in [2.75, 3.05) is 31.2 Å². The third-order valence-electron chi connectivity index (χ3n) is 5.33. The van der Waals surface area contributed by atoms with Gasteiger partial charge in [-0.15, -0.1) is 11.3 Å². The van der Waals surface area contributed by atoms with E-state index in [1.54, 1.807) is 12.4 Å². The SMILES string of the molecule is CC1(C)OCC(C2CCN(c3ncnc4cc(C(N)=O)sc34)CC2)CO1. The number of aromatic nitrogens is 2. The lowest BCUT2D eigenvalue weighted by molar-refractivity contribution is -0.268. The third-order valence-corrected chi connectivity index (χ3v) is 6.47. The number of thiophene rings is 1. The smallest absolute Gasteiger partial charge is 0.258 e. The second-order valence-corrected chi connectivity index (χ2v) is 8.55. The van der Waals surface area contributed by atoms with Gasteiger partial charge in [-0.2, -0.15) is 0 Å². The van der Waals surface area contributed by atoms with Gasteiger partial charge in [0.1, 0.15) is 12.1 Å². The van der Waals surface area contributed by atoms with Gasteiger partial charge in [0.25, 0.3) is 5.91 Å². The van der Waals surface area contributed by atoms with Crippen LogP contribution in [-0.2, 0) is 9.47 Å². The van der Waals surface area contributed by atoms with E-state index in [4.69, 9.17) is 15.2 Å². The fourth-order valence-electron chi connectivity index (χ4n) is 3.75. The highest BCUT2D eigenvalue weighted by molar-refractivity contribution is 7.21. The van der Waals surface area contributed by atoms with Gasteiger partial charge in [-0.1, -0.05) is 0 Å². The number of fused-ring (bicyclic) bond motifs is 1. The van der Waals surface area contributed by atoms with E-state index >= 15 is 0 Å². The first-order valence-corrected chi connectivity index (χ1v) is 9.82. The summed E-state index contributed by atoms with van der Waals surface area (Å²) in [7, 11) is 0. The van der Waals surface area contributed by atoms with E-state index in [2.05, 4.69) is 14.9 Å². The molecule has 4 heterocycles. The summed E-state index contributed by atoms with van der Waals surface area (Å²) in [5.41, 5.74) is 6.20. The van der Waals surface area contributed by atoms with E-state index in [-0.39, 0.29) is 0 Å². The van der Waals surface area contributed by atoms with E-state index in [0.717, 1.165) is 55.2 Å². The Morgan fingerprint density at radius 3 is 2.58 bits per heavy atom. The molecule has 0 aromatic carbocycles. The van der Waals surface area contributed by atoms with Gasteiger partial charge in [-0.3, -0.25) is 4.79 Å². The topological polar surface area (TPSA) is 90.6 Å². The molecule has 7 nitrogen and oxygen atoms in total. The predicted octanol–water partition coefficient (Wildman–Crippen LogP) is 2.41. The van der Waals surface area contributed by atoms with Crippen LogP contribution >= 0.6 is 11.3 Å². The Hall–Kier alpha value is -1.77. The average molecular weight is 376 g/mol. The Morgan fingerprint density at radius 2 is 1.92 bits per heavy atom. The number of nitrogens with zero attached hydrogens (tertiary/aromatic N) is 3. The molecule has 8 heteroatoms. The molecule has 0 saturated carbocycles. The molecule has 0 radical (unpaired) electrons. The zero-order valence-corrected chi connectivity index (χ0v) is 15.9. The number of hydrogen-bond donors (Lipinski definition) is 1. The largest absolute Gasteiger partial charge is 0.365 e. The van der Waals surface area contributed by atoms with Crippen molar-refractivity contribution in [3.63, 3.8) is 0 Å². The van der Waals surface area contributed by atoms with E-state index in [1.807, 2.05) is 13.8 Å². The summed E-state index contributed by atoms with van der Waals surface area (Å²) >= 11 is 1.37. The summed E-state index contributed by atoms with van der Waals surface area (Å²) in [6.45, 7) is 7.33. The van der Waals surface area contributed by atoms with E-state index in [0.29, 0.717) is 16.7 Å². The van der Waals surface area contributed by atoms with E-state index in [9.17, 15) is 4.79 Å². The molecule has 2 aromatic rings. The molecule has 2 aliphatic rings. The minimum Gasteiger partial charge on any atom is -0.365 e. The molecule has 0 aliphatic carbocycles. The molecule has 2 N–H and O–H groups in total. The molecular weight excluding hydrogens is 352 g/mol. The van der Waals surface area contributed by atoms with Gasteiger partial charge in [0.2, 0.25) is 0 Å². The van der Waals surface area contributed by atoms with Crippen molar-refractivity contribution in [1.82, 2.24) is 9.97 Å². The normalized spacial score (nSPS) is 22.0. The predicted molar refractivity (Wildman–Crippen MR) is 100 cm³/mol. The van der Waals surface area contributed by atoms with Crippen molar-refractivity contribution in [3.05, 3.63) is 17.3 Å². The van der Waals surface area contributed by atoms with Crippen LogP contribution in [-0.4, -0.2) is 48.0 Å². The van der Waals surface area contributed by atoms with Gasteiger partial charge in [0.05, 0.1) is 28.3 Å². The molecule has 140 valence electrons. The van der Waals surface area contributed by atoms with Gasteiger partial charge in [0, 0.05) is 19.0 Å². The first-order valence-electron chi connectivity index (χ1n) is 9.00. The highest BCUT2D eigenvalue weighted by Gasteiger charge is 2.34. The molecule has 2 fully saturated rings. The quantitative estimate of drug-likeness (QED) is 0.885. The van der Waals surface area contributed by atoms with E-state index in [1.165, 1.54) is 11.3 Å². The Kier molecular flexibility index (Phi) is 4.58. The molecule has 2 aromatic heterocycles. The molecular formula is C18H24N4O3S.